The molecule has 0 unspecified atom stereocenters. The molecule has 24 heavy (non-hydrogen) atoms. The summed E-state index contributed by atoms with van der Waals surface area (Å²) in [6, 6.07) is 16.7. The van der Waals surface area contributed by atoms with Gasteiger partial charge in [0.1, 0.15) is 24.3 Å². The summed E-state index contributed by atoms with van der Waals surface area (Å²) in [7, 11) is 2.09. The van der Waals surface area contributed by atoms with E-state index in [1.54, 1.807) is 0 Å². The molecule has 126 valence electrons. The summed E-state index contributed by atoms with van der Waals surface area (Å²) in [5, 5.41) is 0. The topological polar surface area (TPSA) is 30.9 Å². The SMILES string of the molecule is CN1CO[C@@H]2c3ccccc3OCCCCOc3ccccc3[C@@H]21. The molecular formula is C20H23NO3. The Morgan fingerprint density at radius 1 is 0.833 bits per heavy atom. The van der Waals surface area contributed by atoms with E-state index in [4.69, 9.17) is 14.2 Å². The Kier molecular flexibility index (Phi) is 4.41. The highest BCUT2D eigenvalue weighted by atomic mass is 16.5. The fourth-order valence-corrected chi connectivity index (χ4v) is 3.53. The molecule has 2 aromatic rings. The van der Waals surface area contributed by atoms with Crippen molar-refractivity contribution in [3.05, 3.63) is 59.7 Å². The van der Waals surface area contributed by atoms with Gasteiger partial charge in [0, 0.05) is 11.1 Å². The smallest absolute Gasteiger partial charge is 0.125 e. The summed E-state index contributed by atoms with van der Waals surface area (Å²) in [5.74, 6) is 1.89. The lowest BCUT2D eigenvalue weighted by molar-refractivity contribution is 0.0898. The summed E-state index contributed by atoms with van der Waals surface area (Å²) in [5.41, 5.74) is 2.29. The summed E-state index contributed by atoms with van der Waals surface area (Å²) >= 11 is 0. The minimum atomic E-state index is -0.0598. The summed E-state index contributed by atoms with van der Waals surface area (Å²) in [6.45, 7) is 2.01. The second-order valence-electron chi connectivity index (χ2n) is 6.40. The number of para-hydroxylation sites is 2. The van der Waals surface area contributed by atoms with Crippen LogP contribution in [0.1, 0.15) is 36.1 Å². The lowest BCUT2D eigenvalue weighted by Crippen LogP contribution is -2.22. The van der Waals surface area contributed by atoms with Gasteiger partial charge in [-0.2, -0.15) is 0 Å². The van der Waals surface area contributed by atoms with Crippen molar-refractivity contribution in [3.8, 4) is 11.5 Å². The average Bonchev–Trinajstić information content (AvgIpc) is 2.99. The Balaban J connectivity index is 1.81. The van der Waals surface area contributed by atoms with Crippen molar-refractivity contribution in [1.82, 2.24) is 4.90 Å². The largest absolute Gasteiger partial charge is 0.493 e. The molecule has 4 nitrogen and oxygen atoms in total. The van der Waals surface area contributed by atoms with Crippen LogP contribution in [0.4, 0.5) is 0 Å². The van der Waals surface area contributed by atoms with Gasteiger partial charge in [-0.15, -0.1) is 0 Å². The van der Waals surface area contributed by atoms with Gasteiger partial charge < -0.3 is 14.2 Å². The molecule has 0 N–H and O–H groups in total. The average molecular weight is 325 g/mol. The highest BCUT2D eigenvalue weighted by Crippen LogP contribution is 2.46. The molecule has 1 saturated heterocycles. The number of nitrogens with zero attached hydrogens (tertiary/aromatic N) is 1. The van der Waals surface area contributed by atoms with E-state index < -0.39 is 0 Å². The lowest BCUT2D eigenvalue weighted by atomic mass is 9.94. The van der Waals surface area contributed by atoms with Crippen molar-refractivity contribution >= 4 is 0 Å². The van der Waals surface area contributed by atoms with Crippen molar-refractivity contribution in [2.45, 2.75) is 25.0 Å². The maximum absolute atomic E-state index is 6.15. The zero-order chi connectivity index (χ0) is 16.4. The molecule has 0 aromatic heterocycles. The minimum absolute atomic E-state index is 0.0598. The molecule has 2 heterocycles. The first kappa shape index (κ1) is 15.5. The van der Waals surface area contributed by atoms with E-state index in [-0.39, 0.29) is 12.1 Å². The highest BCUT2D eigenvalue weighted by molar-refractivity contribution is 5.42. The Morgan fingerprint density at radius 2 is 1.42 bits per heavy atom. The molecule has 4 heteroatoms. The first-order chi connectivity index (χ1) is 11.8. The number of fused-ring (bicyclic) bond motifs is 5. The number of rotatable bonds is 0. The molecule has 0 amide bonds. The molecule has 0 aliphatic carbocycles. The van der Waals surface area contributed by atoms with Gasteiger partial charge in [-0.25, -0.2) is 0 Å². The van der Waals surface area contributed by atoms with E-state index >= 15 is 0 Å². The fourth-order valence-electron chi connectivity index (χ4n) is 3.53. The molecule has 4 rings (SSSR count). The first-order valence-corrected chi connectivity index (χ1v) is 8.60. The van der Waals surface area contributed by atoms with Crippen LogP contribution in [0, 0.1) is 0 Å². The van der Waals surface area contributed by atoms with Crippen LogP contribution in [0.15, 0.2) is 48.5 Å². The molecule has 0 bridgehead atoms. The number of likely N-dealkylation sites (N-methyl/N-ethyl adjacent to an activating group) is 1. The van der Waals surface area contributed by atoms with Gasteiger partial charge in [-0.3, -0.25) is 4.90 Å². The van der Waals surface area contributed by atoms with Crippen molar-refractivity contribution in [2.24, 2.45) is 0 Å². The predicted molar refractivity (Wildman–Crippen MR) is 92.3 cm³/mol. The van der Waals surface area contributed by atoms with Gasteiger partial charge in [0.15, 0.2) is 0 Å². The normalized spacial score (nSPS) is 24.4. The van der Waals surface area contributed by atoms with Crippen molar-refractivity contribution in [2.75, 3.05) is 27.0 Å². The number of ether oxygens (including phenoxy) is 3. The highest BCUT2D eigenvalue weighted by Gasteiger charge is 2.38. The van der Waals surface area contributed by atoms with E-state index in [9.17, 15) is 0 Å². The Labute approximate surface area is 142 Å². The van der Waals surface area contributed by atoms with E-state index in [0.717, 1.165) is 29.9 Å². The third-order valence-electron chi connectivity index (χ3n) is 4.74. The standard InChI is InChI=1S/C20H23NO3/c1-21-14-24-20-16-9-3-5-11-18(16)23-13-7-6-12-22-17-10-4-2-8-15(17)19(20)21/h2-5,8-11,19-20H,6-7,12-14H2,1H3/t19-,20+/m0/s1. The van der Waals surface area contributed by atoms with Gasteiger partial charge in [0.2, 0.25) is 0 Å². The molecule has 0 spiro atoms. The van der Waals surface area contributed by atoms with E-state index in [0.29, 0.717) is 19.9 Å². The van der Waals surface area contributed by atoms with Gasteiger partial charge in [-0.1, -0.05) is 36.4 Å². The number of hydrogen-bond donors (Lipinski definition) is 0. The third-order valence-corrected chi connectivity index (χ3v) is 4.74. The first-order valence-electron chi connectivity index (χ1n) is 8.60. The van der Waals surface area contributed by atoms with Crippen molar-refractivity contribution in [1.29, 1.82) is 0 Å². The van der Waals surface area contributed by atoms with E-state index in [1.807, 2.05) is 18.2 Å². The number of benzene rings is 2. The van der Waals surface area contributed by atoms with Gasteiger partial charge >= 0.3 is 0 Å². The summed E-state index contributed by atoms with van der Waals surface area (Å²) < 4.78 is 18.3. The van der Waals surface area contributed by atoms with Crippen LogP contribution in [0.3, 0.4) is 0 Å². The van der Waals surface area contributed by atoms with Crippen LogP contribution >= 0.6 is 0 Å². The fraction of sp³-hybridized carbons (Fsp3) is 0.400. The maximum Gasteiger partial charge on any atom is 0.125 e. The van der Waals surface area contributed by atoms with E-state index in [2.05, 4.69) is 42.3 Å². The van der Waals surface area contributed by atoms with Crippen LogP contribution in [-0.2, 0) is 4.74 Å². The molecule has 2 aromatic carbocycles. The molecule has 2 atom stereocenters. The summed E-state index contributed by atoms with van der Waals surface area (Å²) in [4.78, 5) is 2.23. The van der Waals surface area contributed by atoms with Crippen molar-refractivity contribution in [3.63, 3.8) is 0 Å². The zero-order valence-electron chi connectivity index (χ0n) is 14.0. The quantitative estimate of drug-likeness (QED) is 0.734. The second kappa shape index (κ2) is 6.83. The Bertz CT molecular complexity index is 703. The third kappa shape index (κ3) is 2.87. The molecule has 2 aliphatic heterocycles. The van der Waals surface area contributed by atoms with Gasteiger partial charge in [0.05, 0.1) is 19.3 Å². The van der Waals surface area contributed by atoms with Crippen LogP contribution in [0.2, 0.25) is 0 Å². The maximum atomic E-state index is 6.15. The molecule has 2 aliphatic rings. The molecule has 0 saturated carbocycles. The van der Waals surface area contributed by atoms with Gasteiger partial charge in [-0.05, 0) is 32.0 Å². The van der Waals surface area contributed by atoms with Gasteiger partial charge in [0.25, 0.3) is 0 Å². The second-order valence-corrected chi connectivity index (χ2v) is 6.40. The van der Waals surface area contributed by atoms with Crippen molar-refractivity contribution < 1.29 is 14.2 Å². The Morgan fingerprint density at radius 3 is 2.12 bits per heavy atom. The summed E-state index contributed by atoms with van der Waals surface area (Å²) in [6.07, 6.45) is 1.90. The molecule has 1 fully saturated rings. The van der Waals surface area contributed by atoms with Crippen LogP contribution < -0.4 is 9.47 Å². The predicted octanol–water partition coefficient (Wildman–Crippen LogP) is 3.94. The van der Waals surface area contributed by atoms with E-state index in [1.165, 1.54) is 5.56 Å². The van der Waals surface area contributed by atoms with Crippen LogP contribution in [-0.4, -0.2) is 31.9 Å². The zero-order valence-corrected chi connectivity index (χ0v) is 14.0. The Hall–Kier alpha value is -2.04. The molecule has 0 radical (unpaired) electrons. The van der Waals surface area contributed by atoms with Crippen LogP contribution in [0.5, 0.6) is 11.5 Å². The molecular weight excluding hydrogens is 302 g/mol. The minimum Gasteiger partial charge on any atom is -0.493 e. The number of hydrogen-bond acceptors (Lipinski definition) is 4. The monoisotopic (exact) mass is 325 g/mol. The lowest BCUT2D eigenvalue weighted by Gasteiger charge is -2.27. The van der Waals surface area contributed by atoms with Crippen LogP contribution in [0.25, 0.3) is 0 Å².